The van der Waals surface area contributed by atoms with Crippen molar-refractivity contribution >= 4 is 29.1 Å². The van der Waals surface area contributed by atoms with Crippen molar-refractivity contribution < 1.29 is 14.3 Å². The van der Waals surface area contributed by atoms with E-state index in [1.54, 1.807) is 11.1 Å². The van der Waals surface area contributed by atoms with Crippen molar-refractivity contribution in [3.8, 4) is 23.7 Å². The first-order valence-corrected chi connectivity index (χ1v) is 15.7. The molecule has 2 aliphatic rings. The summed E-state index contributed by atoms with van der Waals surface area (Å²) in [5, 5.41) is 6.10. The van der Waals surface area contributed by atoms with E-state index >= 15 is 0 Å². The lowest BCUT2D eigenvalue weighted by Gasteiger charge is -2.31. The monoisotopic (exact) mass is 626 g/mol. The van der Waals surface area contributed by atoms with Crippen molar-refractivity contribution in [2.24, 2.45) is 16.6 Å². The van der Waals surface area contributed by atoms with Crippen LogP contribution >= 0.6 is 0 Å². The molecule has 244 valence electrons. The van der Waals surface area contributed by atoms with E-state index in [1.807, 2.05) is 64.0 Å². The summed E-state index contributed by atoms with van der Waals surface area (Å²) in [4.78, 5) is 42.1. The molecule has 0 aliphatic carbocycles. The third kappa shape index (κ3) is 8.09. The largest absolute Gasteiger partial charge is 0.453 e. The minimum atomic E-state index is -1.15. The van der Waals surface area contributed by atoms with Crippen LogP contribution < -0.4 is 21.3 Å². The van der Waals surface area contributed by atoms with Crippen LogP contribution in [0.1, 0.15) is 69.6 Å². The van der Waals surface area contributed by atoms with Gasteiger partial charge < -0.3 is 35.9 Å². The first-order chi connectivity index (χ1) is 21.9. The number of carbonyl (C=O) groups excluding carboxylic acids is 2. The Morgan fingerprint density at radius 3 is 2.59 bits per heavy atom. The topological polar surface area (TPSA) is 141 Å². The Balaban J connectivity index is 1.65. The van der Waals surface area contributed by atoms with Gasteiger partial charge in [0.05, 0.1) is 25.4 Å². The Kier molecular flexibility index (Phi) is 11.2. The van der Waals surface area contributed by atoms with Gasteiger partial charge in [0.25, 0.3) is 0 Å². The fourth-order valence-corrected chi connectivity index (χ4v) is 5.71. The van der Waals surface area contributed by atoms with Crippen molar-refractivity contribution in [3.63, 3.8) is 0 Å². The number of H-pyrrole nitrogens is 1. The second-order valence-electron chi connectivity index (χ2n) is 12.4. The summed E-state index contributed by atoms with van der Waals surface area (Å²) < 4.78 is 4.76. The number of nitrogens with two attached hydrogens (primary N) is 1. The third-order valence-corrected chi connectivity index (χ3v) is 8.49. The zero-order chi connectivity index (χ0) is 33.4. The number of aromatic amines is 1. The fourth-order valence-electron chi connectivity index (χ4n) is 5.71. The molecular formula is C35H46N8O3. The van der Waals surface area contributed by atoms with Crippen LogP contribution in [0.2, 0.25) is 0 Å². The van der Waals surface area contributed by atoms with Crippen LogP contribution in [0.3, 0.4) is 0 Å². The van der Waals surface area contributed by atoms with Gasteiger partial charge in [-0.2, -0.15) is 0 Å². The molecule has 4 atom stereocenters. The number of aliphatic imine (C=N–C) groups is 1. The van der Waals surface area contributed by atoms with Gasteiger partial charge in [0.1, 0.15) is 28.9 Å². The number of amides is 2. The molecule has 0 radical (unpaired) electrons. The number of anilines is 1. The highest BCUT2D eigenvalue weighted by atomic mass is 16.5. The van der Waals surface area contributed by atoms with E-state index in [0.717, 1.165) is 42.9 Å². The third-order valence-electron chi connectivity index (χ3n) is 8.49. The van der Waals surface area contributed by atoms with Crippen LogP contribution in [-0.4, -0.2) is 84.6 Å². The number of nitrogens with zero attached hydrogens (tertiary/aromatic N) is 4. The number of carbonyl (C=O) groups is 2. The van der Waals surface area contributed by atoms with Crippen LogP contribution in [0.4, 0.5) is 10.5 Å². The number of imidazole rings is 1. The van der Waals surface area contributed by atoms with E-state index < -0.39 is 23.7 Å². The van der Waals surface area contributed by atoms with Gasteiger partial charge in [0, 0.05) is 26.3 Å². The molecule has 0 bridgehead atoms. The summed E-state index contributed by atoms with van der Waals surface area (Å²) in [6, 6.07) is 6.97. The first-order valence-electron chi connectivity index (χ1n) is 15.7. The highest BCUT2D eigenvalue weighted by Crippen LogP contribution is 2.31. The number of rotatable bonds is 9. The van der Waals surface area contributed by atoms with Gasteiger partial charge in [-0.1, -0.05) is 38.5 Å². The van der Waals surface area contributed by atoms with Crippen LogP contribution in [0.5, 0.6) is 0 Å². The number of ether oxygens (including phenoxy) is 1. The average molecular weight is 627 g/mol. The van der Waals surface area contributed by atoms with E-state index in [9.17, 15) is 9.59 Å². The van der Waals surface area contributed by atoms with Crippen molar-refractivity contribution in [2.45, 2.75) is 70.1 Å². The Bertz CT molecular complexity index is 1560. The van der Waals surface area contributed by atoms with Crippen molar-refractivity contribution in [1.82, 2.24) is 25.5 Å². The minimum Gasteiger partial charge on any atom is -0.453 e. The van der Waals surface area contributed by atoms with E-state index in [4.69, 9.17) is 15.5 Å². The lowest BCUT2D eigenvalue weighted by Crippen LogP contribution is -2.55. The molecule has 1 aromatic carbocycles. The molecular weight excluding hydrogens is 580 g/mol. The zero-order valence-electron chi connectivity index (χ0n) is 27.7. The number of likely N-dealkylation sites (tertiary alicyclic amines) is 1. The molecule has 4 rings (SSSR count). The maximum absolute atomic E-state index is 13.7. The van der Waals surface area contributed by atoms with Gasteiger partial charge in [-0.15, -0.1) is 0 Å². The van der Waals surface area contributed by atoms with E-state index in [0.29, 0.717) is 24.2 Å². The summed E-state index contributed by atoms with van der Waals surface area (Å²) >= 11 is 0. The van der Waals surface area contributed by atoms with Gasteiger partial charge in [0.2, 0.25) is 5.91 Å². The van der Waals surface area contributed by atoms with E-state index in [1.165, 1.54) is 7.11 Å². The first kappa shape index (κ1) is 34.1. The number of benzene rings is 1. The molecule has 5 N–H and O–H groups in total. The number of hydrogen-bond donors (Lipinski definition) is 4. The maximum Gasteiger partial charge on any atom is 0.407 e. The Morgan fingerprint density at radius 1 is 1.22 bits per heavy atom. The lowest BCUT2D eigenvalue weighted by atomic mass is 9.88. The standard InChI is InChI=1S/C35H46N8O3/c1-23(2)30(40-34(45)46-7)33(44)43-21-11-14-29(43)31(36)41-35(4,24(3)25-15-17-27(18-16-25)42(5)6)19-9-8-12-26-22-38-32(39-26)28-13-10-20-37-28/h15-18,22-23,28-30,37H,3,10-11,13-14,20-21H2,1-2,4-7H3,(H2,36,41)(H,38,39)(H,40,45)/t28-,29-,30-,35?/m0/s1. The SMILES string of the molecule is C=C(c1ccc(N(C)C)cc1)C(C)(C#CC#Cc1cnc([C@@H]2CCCN2)[nH]1)/N=C(\N)[C@@H]1CCCN1C(=O)[C@@H](NC(=O)OC)C(C)C. The normalized spacial score (nSPS) is 19.7. The lowest BCUT2D eigenvalue weighted by molar-refractivity contribution is -0.134. The zero-order valence-corrected chi connectivity index (χ0v) is 27.7. The van der Waals surface area contributed by atoms with Gasteiger partial charge in [-0.3, -0.25) is 4.79 Å². The van der Waals surface area contributed by atoms with Crippen LogP contribution in [0.25, 0.3) is 5.57 Å². The quantitative estimate of drug-likeness (QED) is 0.190. The molecule has 3 heterocycles. The summed E-state index contributed by atoms with van der Waals surface area (Å²) in [5.41, 5.74) is 8.79. The van der Waals surface area contributed by atoms with Crippen molar-refractivity contribution in [2.75, 3.05) is 39.2 Å². The van der Waals surface area contributed by atoms with Gasteiger partial charge in [-0.05, 0) is 86.1 Å². The molecule has 2 aromatic rings. The second-order valence-corrected chi connectivity index (χ2v) is 12.4. The Labute approximate surface area is 272 Å². The van der Waals surface area contributed by atoms with Gasteiger partial charge >= 0.3 is 6.09 Å². The molecule has 2 fully saturated rings. The highest BCUT2D eigenvalue weighted by molar-refractivity contribution is 5.95. The predicted octanol–water partition coefficient (Wildman–Crippen LogP) is 3.46. The van der Waals surface area contributed by atoms with Crippen molar-refractivity contribution in [1.29, 1.82) is 0 Å². The van der Waals surface area contributed by atoms with Gasteiger partial charge in [0.15, 0.2) is 0 Å². The molecule has 11 heteroatoms. The Morgan fingerprint density at radius 2 is 1.96 bits per heavy atom. The van der Waals surface area contributed by atoms with E-state index in [2.05, 4.69) is 50.9 Å². The molecule has 2 aliphatic heterocycles. The minimum absolute atomic E-state index is 0.161. The number of amidine groups is 1. The number of aromatic nitrogens is 2. The molecule has 2 saturated heterocycles. The average Bonchev–Trinajstić information content (AvgIpc) is 3.83. The number of methoxy groups -OCH3 is 1. The summed E-state index contributed by atoms with van der Waals surface area (Å²) in [5.74, 6) is 12.9. The van der Waals surface area contributed by atoms with Crippen LogP contribution in [0, 0.1) is 29.6 Å². The van der Waals surface area contributed by atoms with Crippen LogP contribution in [-0.2, 0) is 9.53 Å². The summed E-state index contributed by atoms with van der Waals surface area (Å²) in [7, 11) is 5.23. The number of hydrogen-bond acceptors (Lipinski definition) is 7. The predicted molar refractivity (Wildman–Crippen MR) is 182 cm³/mol. The second kappa shape index (κ2) is 15.0. The number of alkyl carbamates (subject to hydrolysis) is 1. The summed E-state index contributed by atoms with van der Waals surface area (Å²) in [6.07, 6.45) is 4.60. The molecule has 0 saturated carbocycles. The smallest absolute Gasteiger partial charge is 0.407 e. The molecule has 0 spiro atoms. The molecule has 1 aromatic heterocycles. The molecule has 11 nitrogen and oxygen atoms in total. The summed E-state index contributed by atoms with van der Waals surface area (Å²) in [6.45, 7) is 11.5. The van der Waals surface area contributed by atoms with E-state index in [-0.39, 0.29) is 23.7 Å². The fraction of sp³-hybridized carbons (Fsp3) is 0.486. The van der Waals surface area contributed by atoms with Crippen molar-refractivity contribution in [3.05, 3.63) is 54.1 Å². The molecule has 2 amide bonds. The van der Waals surface area contributed by atoms with Gasteiger partial charge in [-0.25, -0.2) is 14.8 Å². The molecule has 1 unspecified atom stereocenters. The van der Waals surface area contributed by atoms with Crippen LogP contribution in [0.15, 0.2) is 42.0 Å². The molecule has 46 heavy (non-hydrogen) atoms. The Hall–Kier alpha value is -4.74. The highest BCUT2D eigenvalue weighted by Gasteiger charge is 2.38. The number of nitrogens with one attached hydrogen (secondary N) is 3. The maximum atomic E-state index is 13.7.